The van der Waals surface area contributed by atoms with Crippen LogP contribution < -0.4 is 10.6 Å². The molecule has 0 spiro atoms. The highest BCUT2D eigenvalue weighted by atomic mass is 15.1. The molecule has 5 heteroatoms. The van der Waals surface area contributed by atoms with Gasteiger partial charge in [-0.15, -0.1) is 0 Å². The highest BCUT2D eigenvalue weighted by molar-refractivity contribution is 5.25. The van der Waals surface area contributed by atoms with Gasteiger partial charge >= 0.3 is 0 Å². The van der Waals surface area contributed by atoms with Crippen LogP contribution in [0, 0.1) is 0 Å². The van der Waals surface area contributed by atoms with E-state index in [4.69, 9.17) is 0 Å². The first kappa shape index (κ1) is 13.9. The average molecular weight is 237 g/mol. The van der Waals surface area contributed by atoms with Crippen LogP contribution in [-0.4, -0.2) is 48.1 Å². The summed E-state index contributed by atoms with van der Waals surface area (Å²) in [7, 11) is 4.13. The molecule has 1 aromatic rings. The monoisotopic (exact) mass is 237 g/mol. The lowest BCUT2D eigenvalue weighted by molar-refractivity contribution is 0.400. The lowest BCUT2D eigenvalue weighted by Crippen LogP contribution is -2.26. The molecule has 0 aliphatic carbocycles. The Balaban J connectivity index is 2.30. The summed E-state index contributed by atoms with van der Waals surface area (Å²) in [6.07, 6.45) is 3.72. The zero-order valence-electron chi connectivity index (χ0n) is 11.2. The first-order valence-corrected chi connectivity index (χ1v) is 6.01. The number of nitrogens with one attached hydrogen (secondary N) is 2. The zero-order valence-corrected chi connectivity index (χ0v) is 11.2. The zero-order chi connectivity index (χ0) is 12.7. The Morgan fingerprint density at radius 1 is 1.24 bits per heavy atom. The first-order chi connectivity index (χ1) is 8.08. The quantitative estimate of drug-likeness (QED) is 0.692. The molecule has 1 heterocycles. The van der Waals surface area contributed by atoms with E-state index in [2.05, 4.69) is 53.4 Å². The van der Waals surface area contributed by atoms with Crippen molar-refractivity contribution in [2.75, 3.05) is 32.5 Å². The molecule has 0 aliphatic heterocycles. The van der Waals surface area contributed by atoms with Crippen LogP contribution in [0.3, 0.4) is 0 Å². The van der Waals surface area contributed by atoms with E-state index in [1.807, 2.05) is 12.4 Å². The third-order valence-corrected chi connectivity index (χ3v) is 2.19. The van der Waals surface area contributed by atoms with Gasteiger partial charge in [-0.3, -0.25) is 0 Å². The van der Waals surface area contributed by atoms with Gasteiger partial charge in [-0.2, -0.15) is 0 Å². The van der Waals surface area contributed by atoms with Crippen molar-refractivity contribution < 1.29 is 0 Å². The largest absolute Gasteiger partial charge is 0.352 e. The van der Waals surface area contributed by atoms with Gasteiger partial charge in [-0.05, 0) is 27.9 Å². The Hall–Kier alpha value is -1.20. The minimum Gasteiger partial charge on any atom is -0.352 e. The normalized spacial score (nSPS) is 11.2. The summed E-state index contributed by atoms with van der Waals surface area (Å²) in [6.45, 7) is 6.96. The summed E-state index contributed by atoms with van der Waals surface area (Å²) in [5.74, 6) is 0.692. The lowest BCUT2D eigenvalue weighted by Gasteiger charge is -2.11. The standard InChI is InChI=1S/C12H23N5/c1-10(2)16-12-14-8-11(9-15-12)7-13-5-6-17(3)4/h8-10,13H,5-7H2,1-4H3,(H,14,15,16). The number of likely N-dealkylation sites (N-methyl/N-ethyl adjacent to an activating group) is 1. The number of aromatic nitrogens is 2. The van der Waals surface area contributed by atoms with Crippen LogP contribution >= 0.6 is 0 Å². The van der Waals surface area contributed by atoms with Crippen molar-refractivity contribution in [1.82, 2.24) is 20.2 Å². The molecule has 0 radical (unpaired) electrons. The van der Waals surface area contributed by atoms with Crippen LogP contribution in [0.1, 0.15) is 19.4 Å². The van der Waals surface area contributed by atoms with Gasteiger partial charge in [0, 0.05) is 43.6 Å². The van der Waals surface area contributed by atoms with Gasteiger partial charge < -0.3 is 15.5 Å². The molecule has 2 N–H and O–H groups in total. The van der Waals surface area contributed by atoms with Gasteiger partial charge in [0.15, 0.2) is 0 Å². The van der Waals surface area contributed by atoms with Gasteiger partial charge in [0.25, 0.3) is 0 Å². The number of hydrogen-bond acceptors (Lipinski definition) is 5. The van der Waals surface area contributed by atoms with Gasteiger partial charge in [0.2, 0.25) is 5.95 Å². The lowest BCUT2D eigenvalue weighted by atomic mass is 10.3. The van der Waals surface area contributed by atoms with Crippen LogP contribution in [-0.2, 0) is 6.54 Å². The number of anilines is 1. The fourth-order valence-electron chi connectivity index (χ4n) is 1.31. The van der Waals surface area contributed by atoms with E-state index in [9.17, 15) is 0 Å². The fraction of sp³-hybridized carbons (Fsp3) is 0.667. The molecule has 0 amide bonds. The van der Waals surface area contributed by atoms with Crippen molar-refractivity contribution in [1.29, 1.82) is 0 Å². The SMILES string of the molecule is CC(C)Nc1ncc(CNCCN(C)C)cn1. The Morgan fingerprint density at radius 3 is 2.41 bits per heavy atom. The second-order valence-corrected chi connectivity index (χ2v) is 4.69. The van der Waals surface area contributed by atoms with E-state index < -0.39 is 0 Å². The van der Waals surface area contributed by atoms with Crippen LogP contribution in [0.5, 0.6) is 0 Å². The predicted molar refractivity (Wildman–Crippen MR) is 71.1 cm³/mol. The summed E-state index contributed by atoms with van der Waals surface area (Å²) < 4.78 is 0. The van der Waals surface area contributed by atoms with Crippen LogP contribution in [0.4, 0.5) is 5.95 Å². The minimum atomic E-state index is 0.360. The molecule has 5 nitrogen and oxygen atoms in total. The van der Waals surface area contributed by atoms with Crippen molar-refractivity contribution in [2.45, 2.75) is 26.4 Å². The van der Waals surface area contributed by atoms with Crippen molar-refractivity contribution >= 4 is 5.95 Å². The molecule has 0 saturated heterocycles. The van der Waals surface area contributed by atoms with Crippen LogP contribution in [0.15, 0.2) is 12.4 Å². The maximum atomic E-state index is 4.26. The molecule has 96 valence electrons. The molecule has 0 unspecified atom stereocenters. The second-order valence-electron chi connectivity index (χ2n) is 4.69. The highest BCUT2D eigenvalue weighted by Crippen LogP contribution is 2.01. The van der Waals surface area contributed by atoms with E-state index in [1.54, 1.807) is 0 Å². The minimum absolute atomic E-state index is 0.360. The van der Waals surface area contributed by atoms with Crippen molar-refractivity contribution in [3.63, 3.8) is 0 Å². The summed E-state index contributed by atoms with van der Waals surface area (Å²) in [4.78, 5) is 10.7. The van der Waals surface area contributed by atoms with Gasteiger partial charge in [0.1, 0.15) is 0 Å². The number of hydrogen-bond donors (Lipinski definition) is 2. The summed E-state index contributed by atoms with van der Waals surface area (Å²) in [5.41, 5.74) is 1.11. The molecular weight excluding hydrogens is 214 g/mol. The second kappa shape index (κ2) is 7.19. The average Bonchev–Trinajstić information content (AvgIpc) is 2.25. The molecule has 0 saturated carbocycles. The van der Waals surface area contributed by atoms with E-state index in [1.165, 1.54) is 0 Å². The van der Waals surface area contributed by atoms with Gasteiger partial charge in [-0.1, -0.05) is 0 Å². The van der Waals surface area contributed by atoms with Crippen molar-refractivity contribution in [2.24, 2.45) is 0 Å². The summed E-state index contributed by atoms with van der Waals surface area (Å²) in [5, 5.41) is 6.52. The van der Waals surface area contributed by atoms with E-state index >= 15 is 0 Å². The maximum absolute atomic E-state index is 4.26. The van der Waals surface area contributed by atoms with Crippen molar-refractivity contribution in [3.8, 4) is 0 Å². The summed E-state index contributed by atoms with van der Waals surface area (Å²) in [6, 6.07) is 0.360. The Morgan fingerprint density at radius 2 is 1.88 bits per heavy atom. The molecule has 1 aromatic heterocycles. The highest BCUT2D eigenvalue weighted by Gasteiger charge is 1.99. The van der Waals surface area contributed by atoms with Crippen molar-refractivity contribution in [3.05, 3.63) is 18.0 Å². The molecule has 0 aromatic carbocycles. The molecule has 0 aliphatic rings. The molecule has 17 heavy (non-hydrogen) atoms. The summed E-state index contributed by atoms with van der Waals surface area (Å²) >= 11 is 0. The molecule has 1 rings (SSSR count). The molecule has 0 bridgehead atoms. The smallest absolute Gasteiger partial charge is 0.222 e. The van der Waals surface area contributed by atoms with Gasteiger partial charge in [-0.25, -0.2) is 9.97 Å². The van der Waals surface area contributed by atoms with E-state index in [-0.39, 0.29) is 0 Å². The molecule has 0 fully saturated rings. The van der Waals surface area contributed by atoms with E-state index in [0.717, 1.165) is 25.2 Å². The fourth-order valence-corrected chi connectivity index (χ4v) is 1.31. The van der Waals surface area contributed by atoms with E-state index in [0.29, 0.717) is 12.0 Å². The third kappa shape index (κ3) is 6.19. The maximum Gasteiger partial charge on any atom is 0.222 e. The van der Waals surface area contributed by atoms with Crippen LogP contribution in [0.25, 0.3) is 0 Å². The molecular formula is C12H23N5. The predicted octanol–water partition coefficient (Wildman–Crippen LogP) is 0.948. The topological polar surface area (TPSA) is 53.1 Å². The Bertz CT molecular complexity index is 307. The number of rotatable bonds is 7. The Kier molecular flexibility index (Phi) is 5.86. The molecule has 0 atom stereocenters. The Labute approximate surface area is 104 Å². The van der Waals surface area contributed by atoms with Gasteiger partial charge in [0.05, 0.1) is 0 Å². The third-order valence-electron chi connectivity index (χ3n) is 2.19. The first-order valence-electron chi connectivity index (χ1n) is 6.01. The number of nitrogens with zero attached hydrogens (tertiary/aromatic N) is 3. The van der Waals surface area contributed by atoms with Crippen LogP contribution in [0.2, 0.25) is 0 Å².